The highest BCUT2D eigenvalue weighted by Gasteiger charge is 2.39. The Hall–Kier alpha value is -5.61. The van der Waals surface area contributed by atoms with Crippen LogP contribution in [0.15, 0.2) is 55.1 Å². The Bertz CT molecular complexity index is 1470. The molecule has 1 amide bonds. The second-order valence-electron chi connectivity index (χ2n) is 9.53. The van der Waals surface area contributed by atoms with Crippen molar-refractivity contribution >= 4 is 29.5 Å². The first kappa shape index (κ1) is 43.4. The number of hydrogen-bond donors (Lipinski definition) is 5. The van der Waals surface area contributed by atoms with E-state index in [1.54, 1.807) is 30.7 Å². The zero-order valence-electron chi connectivity index (χ0n) is 25.7. The Morgan fingerprint density at radius 2 is 1.35 bits per heavy atom. The van der Waals surface area contributed by atoms with E-state index < -0.39 is 36.4 Å². The predicted octanol–water partition coefficient (Wildman–Crippen LogP) is 4.86. The molecule has 4 rings (SSSR count). The Morgan fingerprint density at radius 3 is 1.80 bits per heavy atom. The van der Waals surface area contributed by atoms with Crippen LogP contribution in [0.5, 0.6) is 11.5 Å². The number of pyridine rings is 1. The fourth-order valence-corrected chi connectivity index (χ4v) is 3.39. The number of anilines is 1. The number of benzene rings is 1. The molecule has 1 fully saturated rings. The summed E-state index contributed by atoms with van der Waals surface area (Å²) in [5, 5.41) is 31.1. The van der Waals surface area contributed by atoms with E-state index >= 15 is 0 Å². The molecule has 0 aliphatic carbocycles. The number of carboxylic acid groups (broad SMARTS) is 3. The molecule has 3 heterocycles. The zero-order chi connectivity index (χ0) is 38.8. The Balaban J connectivity index is 0.000000505. The zero-order valence-corrected chi connectivity index (χ0v) is 25.7. The lowest BCUT2D eigenvalue weighted by atomic mass is 10.1. The third-order valence-electron chi connectivity index (χ3n) is 5.68. The highest BCUT2D eigenvalue weighted by Crippen LogP contribution is 2.31. The molecule has 2 aromatic heterocycles. The SMILES string of the molecule is O=C(COc1cccnc1)Nc1ccc(-c2cn[nH]c2)cc1OCCN1CCCC1.O=C(O)C(F)(F)F.O=C(O)C(F)(F)F.O=C(O)C(F)(F)F. The van der Waals surface area contributed by atoms with Gasteiger partial charge in [-0.1, -0.05) is 6.07 Å². The summed E-state index contributed by atoms with van der Waals surface area (Å²) in [6, 6.07) is 9.21. The number of nitrogens with zero attached hydrogens (tertiary/aromatic N) is 3. The molecule has 51 heavy (non-hydrogen) atoms. The van der Waals surface area contributed by atoms with Crippen molar-refractivity contribution < 1.29 is 83.5 Å². The van der Waals surface area contributed by atoms with Crippen LogP contribution in [-0.4, -0.2) is 111 Å². The fourth-order valence-electron chi connectivity index (χ4n) is 3.39. The van der Waals surface area contributed by atoms with Gasteiger partial charge in [0, 0.05) is 24.5 Å². The number of ether oxygens (including phenoxy) is 2. The maximum atomic E-state index is 12.4. The third-order valence-corrected chi connectivity index (χ3v) is 5.68. The van der Waals surface area contributed by atoms with E-state index in [2.05, 4.69) is 25.4 Å². The first-order valence-corrected chi connectivity index (χ1v) is 13.8. The molecular formula is C28H28F9N5O9. The number of rotatable bonds is 9. The lowest BCUT2D eigenvalue weighted by Gasteiger charge is -2.17. The molecule has 1 aromatic carbocycles. The number of nitrogens with one attached hydrogen (secondary N) is 2. The molecule has 0 saturated carbocycles. The van der Waals surface area contributed by atoms with E-state index in [0.29, 0.717) is 23.8 Å². The average Bonchev–Trinajstić information content (AvgIpc) is 3.76. The van der Waals surface area contributed by atoms with E-state index in [1.165, 1.54) is 12.8 Å². The molecule has 3 aromatic rings. The lowest BCUT2D eigenvalue weighted by molar-refractivity contribution is -0.193. The summed E-state index contributed by atoms with van der Waals surface area (Å²) in [7, 11) is 0. The number of carboxylic acids is 3. The highest BCUT2D eigenvalue weighted by atomic mass is 19.4. The second kappa shape index (κ2) is 20.2. The number of carbonyl (C=O) groups excluding carboxylic acids is 1. The van der Waals surface area contributed by atoms with E-state index in [4.69, 9.17) is 39.2 Å². The predicted molar refractivity (Wildman–Crippen MR) is 155 cm³/mol. The summed E-state index contributed by atoms with van der Waals surface area (Å²) in [4.78, 5) is 45.4. The number of aliphatic carboxylic acids is 3. The van der Waals surface area contributed by atoms with Gasteiger partial charge >= 0.3 is 36.4 Å². The maximum Gasteiger partial charge on any atom is 0.490 e. The van der Waals surface area contributed by atoms with Gasteiger partial charge in [0.15, 0.2) is 6.61 Å². The minimum absolute atomic E-state index is 0.109. The van der Waals surface area contributed by atoms with Crippen molar-refractivity contribution in [2.75, 3.05) is 38.2 Å². The van der Waals surface area contributed by atoms with Gasteiger partial charge in [0.1, 0.15) is 18.1 Å². The van der Waals surface area contributed by atoms with Crippen LogP contribution in [0, 0.1) is 0 Å². The lowest BCUT2D eigenvalue weighted by Crippen LogP contribution is -2.25. The number of amides is 1. The minimum atomic E-state index is -5.08. The average molecular weight is 750 g/mol. The molecule has 0 unspecified atom stereocenters. The van der Waals surface area contributed by atoms with E-state index in [0.717, 1.165) is 30.8 Å². The molecule has 282 valence electrons. The molecule has 23 heteroatoms. The topological polar surface area (TPSA) is 204 Å². The van der Waals surface area contributed by atoms with Crippen LogP contribution < -0.4 is 14.8 Å². The molecule has 1 aliphatic rings. The van der Waals surface area contributed by atoms with Crippen molar-refractivity contribution in [1.29, 1.82) is 0 Å². The summed E-state index contributed by atoms with van der Waals surface area (Å²) in [5.74, 6) is -7.36. The molecule has 5 N–H and O–H groups in total. The molecule has 0 radical (unpaired) electrons. The first-order valence-electron chi connectivity index (χ1n) is 13.8. The van der Waals surface area contributed by atoms with Gasteiger partial charge in [-0.2, -0.15) is 44.6 Å². The number of halogens is 9. The van der Waals surface area contributed by atoms with Crippen LogP contribution in [-0.2, 0) is 19.2 Å². The number of hydrogen-bond acceptors (Lipinski definition) is 9. The summed E-state index contributed by atoms with van der Waals surface area (Å²) >= 11 is 0. The van der Waals surface area contributed by atoms with Crippen molar-refractivity contribution in [1.82, 2.24) is 20.1 Å². The van der Waals surface area contributed by atoms with Crippen molar-refractivity contribution in [3.63, 3.8) is 0 Å². The molecular weight excluding hydrogens is 721 g/mol. The largest absolute Gasteiger partial charge is 0.490 e. The Kier molecular flexibility index (Phi) is 17.2. The third kappa shape index (κ3) is 18.1. The maximum absolute atomic E-state index is 12.4. The quantitative estimate of drug-likeness (QED) is 0.186. The van der Waals surface area contributed by atoms with Crippen LogP contribution >= 0.6 is 0 Å². The van der Waals surface area contributed by atoms with Crippen molar-refractivity contribution in [2.24, 2.45) is 0 Å². The van der Waals surface area contributed by atoms with Gasteiger partial charge in [-0.05, 0) is 55.8 Å². The van der Waals surface area contributed by atoms with Crippen molar-refractivity contribution in [2.45, 2.75) is 31.4 Å². The number of likely N-dealkylation sites (tertiary alicyclic amines) is 1. The van der Waals surface area contributed by atoms with Crippen LogP contribution in [0.25, 0.3) is 11.1 Å². The second-order valence-corrected chi connectivity index (χ2v) is 9.53. The van der Waals surface area contributed by atoms with E-state index in [9.17, 15) is 44.3 Å². The van der Waals surface area contributed by atoms with E-state index in [1.807, 2.05) is 24.4 Å². The fraction of sp³-hybridized carbons (Fsp3) is 0.357. The van der Waals surface area contributed by atoms with Crippen LogP contribution in [0.1, 0.15) is 12.8 Å². The monoisotopic (exact) mass is 749 g/mol. The molecule has 1 aliphatic heterocycles. The summed E-state index contributed by atoms with van der Waals surface area (Å²) in [6.45, 7) is 3.56. The normalized spacial score (nSPS) is 12.8. The van der Waals surface area contributed by atoms with Crippen molar-refractivity contribution in [3.8, 4) is 22.6 Å². The van der Waals surface area contributed by atoms with Crippen LogP contribution in [0.3, 0.4) is 0 Å². The summed E-state index contributed by atoms with van der Waals surface area (Å²) in [6.07, 6.45) is -5.96. The van der Waals surface area contributed by atoms with Crippen LogP contribution in [0.2, 0.25) is 0 Å². The standard InChI is InChI=1S/C22H25N5O3.3C2HF3O2/c28-22(16-30-19-4-3-7-23-15-19)26-20-6-5-17(18-13-24-25-14-18)12-21(20)29-11-10-27-8-1-2-9-27;3*3-2(4,5)1(6)7/h3-7,12-15H,1-2,8-11,16H2,(H,24,25)(H,26,28);3*(H,6,7). The molecule has 0 spiro atoms. The molecule has 0 atom stereocenters. The number of aromatic nitrogens is 3. The molecule has 14 nitrogen and oxygen atoms in total. The highest BCUT2D eigenvalue weighted by molar-refractivity contribution is 5.94. The Morgan fingerprint density at radius 1 is 0.804 bits per heavy atom. The van der Waals surface area contributed by atoms with Gasteiger partial charge in [-0.25, -0.2) is 14.4 Å². The van der Waals surface area contributed by atoms with Gasteiger partial charge in [0.25, 0.3) is 5.91 Å². The summed E-state index contributed by atoms with van der Waals surface area (Å²) in [5.41, 5.74) is 2.53. The van der Waals surface area contributed by atoms with Gasteiger partial charge < -0.3 is 30.1 Å². The number of alkyl halides is 9. The Labute approximate surface area is 280 Å². The van der Waals surface area contributed by atoms with Gasteiger partial charge in [0.05, 0.1) is 18.1 Å². The number of carbonyl (C=O) groups is 4. The van der Waals surface area contributed by atoms with Gasteiger partial charge in [-0.15, -0.1) is 0 Å². The van der Waals surface area contributed by atoms with Crippen LogP contribution in [0.4, 0.5) is 45.2 Å². The van der Waals surface area contributed by atoms with E-state index in [-0.39, 0.29) is 12.5 Å². The number of H-pyrrole nitrogens is 1. The van der Waals surface area contributed by atoms with Gasteiger partial charge in [0.2, 0.25) is 0 Å². The molecule has 0 bridgehead atoms. The van der Waals surface area contributed by atoms with Gasteiger partial charge in [-0.3, -0.25) is 19.8 Å². The molecule has 1 saturated heterocycles. The first-order chi connectivity index (χ1) is 23.6. The van der Waals surface area contributed by atoms with Crippen molar-refractivity contribution in [3.05, 3.63) is 55.1 Å². The number of aromatic amines is 1. The minimum Gasteiger partial charge on any atom is -0.490 e. The smallest absolute Gasteiger partial charge is 0.490 e. The summed E-state index contributed by atoms with van der Waals surface area (Å²) < 4.78 is 107.